The van der Waals surface area contributed by atoms with Crippen molar-refractivity contribution in [2.24, 2.45) is 0 Å². The lowest BCUT2D eigenvalue weighted by Gasteiger charge is -2.34. The molecule has 0 aromatic carbocycles. The SMILES string of the molecule is C=CC(=O)OCCCC(CCOP(=O)(O)O)[N+](C)(C)C. The van der Waals surface area contributed by atoms with Gasteiger partial charge in [-0.2, -0.15) is 0 Å². The predicted molar refractivity (Wildman–Crippen MR) is 74.8 cm³/mol. The van der Waals surface area contributed by atoms with Crippen molar-refractivity contribution in [1.29, 1.82) is 0 Å². The van der Waals surface area contributed by atoms with E-state index in [2.05, 4.69) is 11.1 Å². The molecule has 0 saturated heterocycles. The van der Waals surface area contributed by atoms with Crippen LogP contribution in [0.25, 0.3) is 0 Å². The third kappa shape index (κ3) is 10.1. The van der Waals surface area contributed by atoms with Crippen LogP contribution in [0.15, 0.2) is 12.7 Å². The van der Waals surface area contributed by atoms with Gasteiger partial charge in [0.15, 0.2) is 0 Å². The van der Waals surface area contributed by atoms with Crippen LogP contribution in [0.1, 0.15) is 19.3 Å². The number of rotatable bonds is 10. The van der Waals surface area contributed by atoms with Crippen molar-refractivity contribution in [3.63, 3.8) is 0 Å². The van der Waals surface area contributed by atoms with Gasteiger partial charge in [-0.3, -0.25) is 4.52 Å². The number of carbonyl (C=O) groups excluding carboxylic acids is 1. The summed E-state index contributed by atoms with van der Waals surface area (Å²) < 4.78 is 20.6. The molecule has 0 heterocycles. The van der Waals surface area contributed by atoms with Crippen molar-refractivity contribution >= 4 is 13.8 Å². The van der Waals surface area contributed by atoms with E-state index in [9.17, 15) is 9.36 Å². The second kappa shape index (κ2) is 8.54. The summed E-state index contributed by atoms with van der Waals surface area (Å²) in [6.07, 6.45) is 3.07. The zero-order valence-electron chi connectivity index (χ0n) is 12.3. The molecule has 0 radical (unpaired) electrons. The molecule has 1 unspecified atom stereocenters. The molecule has 0 aliphatic heterocycles. The molecule has 8 heteroatoms. The first-order valence-electron chi connectivity index (χ1n) is 6.36. The highest BCUT2D eigenvalue weighted by Crippen LogP contribution is 2.36. The Morgan fingerprint density at radius 3 is 2.35 bits per heavy atom. The number of nitrogens with zero attached hydrogens (tertiary/aromatic N) is 1. The molecule has 0 aromatic heterocycles. The molecule has 118 valence electrons. The molecule has 7 nitrogen and oxygen atoms in total. The van der Waals surface area contributed by atoms with E-state index in [1.165, 1.54) is 0 Å². The Bertz CT molecular complexity index is 359. The molecule has 1 atom stereocenters. The Kier molecular flexibility index (Phi) is 8.23. The molecule has 0 rings (SSSR count). The highest BCUT2D eigenvalue weighted by Gasteiger charge is 2.24. The summed E-state index contributed by atoms with van der Waals surface area (Å²) in [7, 11) is 1.58. The van der Waals surface area contributed by atoms with E-state index in [4.69, 9.17) is 14.5 Å². The van der Waals surface area contributed by atoms with Gasteiger partial charge in [0, 0.05) is 18.9 Å². The third-order valence-electron chi connectivity index (χ3n) is 2.90. The fourth-order valence-corrected chi connectivity index (χ4v) is 2.12. The maximum absolute atomic E-state index is 10.9. The summed E-state index contributed by atoms with van der Waals surface area (Å²) in [5.74, 6) is -0.448. The van der Waals surface area contributed by atoms with Crippen LogP contribution >= 0.6 is 7.82 Å². The van der Waals surface area contributed by atoms with Gasteiger partial charge in [-0.1, -0.05) is 6.58 Å². The maximum atomic E-state index is 10.9. The zero-order valence-corrected chi connectivity index (χ0v) is 13.2. The lowest BCUT2D eigenvalue weighted by atomic mass is 10.1. The molecule has 0 amide bonds. The first-order valence-corrected chi connectivity index (χ1v) is 7.89. The standard InChI is InChI=1S/C12H24NO6P/c1-5-12(14)18-9-6-7-11(13(2,3)4)8-10-19-20(15,16)17/h5,11H,1,6-10H2,2-4H3,(H-,15,16,17)/p+1. The lowest BCUT2D eigenvalue weighted by molar-refractivity contribution is -0.896. The minimum Gasteiger partial charge on any atom is -0.463 e. The van der Waals surface area contributed by atoms with Gasteiger partial charge in [-0.15, -0.1) is 0 Å². The summed E-state index contributed by atoms with van der Waals surface area (Å²) in [6.45, 7) is 3.61. The summed E-state index contributed by atoms with van der Waals surface area (Å²) in [6, 6.07) is 0.156. The van der Waals surface area contributed by atoms with Crippen LogP contribution in [0.2, 0.25) is 0 Å². The Labute approximate surface area is 120 Å². The number of quaternary nitrogens is 1. The zero-order chi connectivity index (χ0) is 15.8. The van der Waals surface area contributed by atoms with Crippen LogP contribution in [-0.2, 0) is 18.6 Å². The average molecular weight is 310 g/mol. The van der Waals surface area contributed by atoms with E-state index >= 15 is 0 Å². The van der Waals surface area contributed by atoms with Crippen LogP contribution in [0.3, 0.4) is 0 Å². The molecule has 0 spiro atoms. The van der Waals surface area contributed by atoms with Crippen molar-refractivity contribution in [1.82, 2.24) is 0 Å². The fraction of sp³-hybridized carbons (Fsp3) is 0.750. The van der Waals surface area contributed by atoms with Crippen LogP contribution < -0.4 is 0 Å². The summed E-state index contributed by atoms with van der Waals surface area (Å²) in [4.78, 5) is 28.2. The molecular weight excluding hydrogens is 285 g/mol. The van der Waals surface area contributed by atoms with Gasteiger partial charge in [0.05, 0.1) is 40.4 Å². The second-order valence-electron chi connectivity index (χ2n) is 5.40. The van der Waals surface area contributed by atoms with E-state index in [-0.39, 0.29) is 12.6 Å². The van der Waals surface area contributed by atoms with Crippen LogP contribution in [0, 0.1) is 0 Å². The van der Waals surface area contributed by atoms with Crippen LogP contribution in [0.4, 0.5) is 0 Å². The average Bonchev–Trinajstić information content (AvgIpc) is 2.28. The minimum atomic E-state index is -4.41. The molecule has 0 saturated carbocycles. The number of hydrogen-bond acceptors (Lipinski definition) is 4. The fourth-order valence-electron chi connectivity index (χ4n) is 1.78. The Morgan fingerprint density at radius 2 is 1.90 bits per heavy atom. The molecular formula is C12H25NO6P+. The van der Waals surface area contributed by atoms with Gasteiger partial charge >= 0.3 is 13.8 Å². The Balaban J connectivity index is 4.14. The van der Waals surface area contributed by atoms with Crippen molar-refractivity contribution < 1.29 is 32.9 Å². The van der Waals surface area contributed by atoms with E-state index in [1.807, 2.05) is 21.1 Å². The maximum Gasteiger partial charge on any atom is 0.469 e. The normalized spacial score (nSPS) is 13.8. The Hall–Kier alpha value is -0.720. The first-order chi connectivity index (χ1) is 9.06. The summed E-state index contributed by atoms with van der Waals surface area (Å²) in [5, 5.41) is 0. The van der Waals surface area contributed by atoms with Crippen LogP contribution in [-0.4, -0.2) is 60.6 Å². The van der Waals surface area contributed by atoms with Gasteiger partial charge < -0.3 is 19.0 Å². The smallest absolute Gasteiger partial charge is 0.463 e. The molecule has 0 bridgehead atoms. The van der Waals surface area contributed by atoms with Gasteiger partial charge in [-0.05, 0) is 6.42 Å². The molecule has 0 aliphatic carbocycles. The highest BCUT2D eigenvalue weighted by atomic mass is 31.2. The molecule has 2 N–H and O–H groups in total. The number of phosphoric acid groups is 1. The molecule has 0 fully saturated rings. The predicted octanol–water partition coefficient (Wildman–Crippen LogP) is 1.07. The van der Waals surface area contributed by atoms with Gasteiger partial charge in [-0.25, -0.2) is 9.36 Å². The van der Waals surface area contributed by atoms with Crippen molar-refractivity contribution in [2.45, 2.75) is 25.3 Å². The molecule has 0 aliphatic rings. The number of ether oxygens (including phenoxy) is 1. The van der Waals surface area contributed by atoms with Crippen molar-refractivity contribution in [2.75, 3.05) is 34.4 Å². The summed E-state index contributed by atoms with van der Waals surface area (Å²) >= 11 is 0. The monoisotopic (exact) mass is 310 g/mol. The minimum absolute atomic E-state index is 0.00307. The van der Waals surface area contributed by atoms with Crippen molar-refractivity contribution in [3.05, 3.63) is 12.7 Å². The number of esters is 1. The number of carbonyl (C=O) groups is 1. The van der Waals surface area contributed by atoms with Crippen LogP contribution in [0.5, 0.6) is 0 Å². The van der Waals surface area contributed by atoms with E-state index in [0.717, 1.165) is 12.5 Å². The number of hydrogen-bond donors (Lipinski definition) is 2. The highest BCUT2D eigenvalue weighted by molar-refractivity contribution is 7.46. The topological polar surface area (TPSA) is 93.1 Å². The first kappa shape index (κ1) is 19.3. The summed E-state index contributed by atoms with van der Waals surface area (Å²) in [5.41, 5.74) is 0. The van der Waals surface area contributed by atoms with Gasteiger partial charge in [0.2, 0.25) is 0 Å². The van der Waals surface area contributed by atoms with Gasteiger partial charge in [0.25, 0.3) is 0 Å². The number of phosphoric ester groups is 1. The van der Waals surface area contributed by atoms with E-state index < -0.39 is 13.8 Å². The third-order valence-corrected chi connectivity index (χ3v) is 3.42. The Morgan fingerprint density at radius 1 is 1.30 bits per heavy atom. The second-order valence-corrected chi connectivity index (χ2v) is 6.64. The van der Waals surface area contributed by atoms with E-state index in [1.54, 1.807) is 0 Å². The van der Waals surface area contributed by atoms with Crippen molar-refractivity contribution in [3.8, 4) is 0 Å². The van der Waals surface area contributed by atoms with Gasteiger partial charge in [0.1, 0.15) is 0 Å². The quantitative estimate of drug-likeness (QED) is 0.206. The molecule has 0 aromatic rings. The lowest BCUT2D eigenvalue weighted by Crippen LogP contribution is -2.45. The van der Waals surface area contributed by atoms with E-state index in [0.29, 0.717) is 23.9 Å². The molecule has 20 heavy (non-hydrogen) atoms. The largest absolute Gasteiger partial charge is 0.469 e.